The van der Waals surface area contributed by atoms with Gasteiger partial charge in [-0.2, -0.15) is 0 Å². The molecule has 23 heavy (non-hydrogen) atoms. The summed E-state index contributed by atoms with van der Waals surface area (Å²) in [5, 5.41) is 3.83. The molecule has 0 saturated heterocycles. The molecule has 0 unspecified atom stereocenters. The van der Waals surface area contributed by atoms with Crippen molar-refractivity contribution < 1.29 is 9.53 Å². The number of ether oxygens (including phenoxy) is 1. The molecule has 0 aliphatic heterocycles. The number of amides is 1. The first-order chi connectivity index (χ1) is 11.1. The van der Waals surface area contributed by atoms with Crippen molar-refractivity contribution in [2.45, 2.75) is 13.8 Å². The third-order valence-corrected chi connectivity index (χ3v) is 3.70. The molecule has 1 N–H and O–H groups in total. The van der Waals surface area contributed by atoms with Crippen LogP contribution >= 0.6 is 0 Å². The van der Waals surface area contributed by atoms with E-state index >= 15 is 0 Å². The lowest BCUT2D eigenvalue weighted by molar-refractivity contribution is -0.118. The van der Waals surface area contributed by atoms with E-state index in [9.17, 15) is 4.79 Å². The van der Waals surface area contributed by atoms with Crippen molar-refractivity contribution in [1.29, 1.82) is 0 Å². The van der Waals surface area contributed by atoms with E-state index in [0.717, 1.165) is 33.5 Å². The normalized spacial score (nSPS) is 10.5. The summed E-state index contributed by atoms with van der Waals surface area (Å²) in [6.45, 7) is 3.93. The van der Waals surface area contributed by atoms with Crippen LogP contribution in [-0.4, -0.2) is 17.5 Å². The Hall–Kier alpha value is -2.88. The van der Waals surface area contributed by atoms with Crippen LogP contribution in [0.25, 0.3) is 10.9 Å². The van der Waals surface area contributed by atoms with E-state index in [2.05, 4.69) is 10.3 Å². The third-order valence-electron chi connectivity index (χ3n) is 3.70. The fourth-order valence-corrected chi connectivity index (χ4v) is 2.47. The lowest BCUT2D eigenvalue weighted by Gasteiger charge is -2.11. The number of aromatic nitrogens is 1. The van der Waals surface area contributed by atoms with Crippen LogP contribution in [0.15, 0.2) is 54.7 Å². The summed E-state index contributed by atoms with van der Waals surface area (Å²) in [5.74, 6) is 0.528. The van der Waals surface area contributed by atoms with Crippen LogP contribution in [0.4, 0.5) is 5.69 Å². The Morgan fingerprint density at radius 1 is 1.04 bits per heavy atom. The minimum absolute atomic E-state index is 0.0273. The molecule has 116 valence electrons. The average Bonchev–Trinajstić information content (AvgIpc) is 2.57. The first-order valence-electron chi connectivity index (χ1n) is 7.48. The Balaban J connectivity index is 1.74. The Morgan fingerprint density at radius 2 is 1.87 bits per heavy atom. The number of nitrogens with zero attached hydrogens (tertiary/aromatic N) is 1. The number of anilines is 1. The summed E-state index contributed by atoms with van der Waals surface area (Å²) in [6, 6.07) is 15.3. The van der Waals surface area contributed by atoms with Crippen LogP contribution in [0.5, 0.6) is 5.75 Å². The van der Waals surface area contributed by atoms with Gasteiger partial charge in [0.15, 0.2) is 6.61 Å². The highest BCUT2D eigenvalue weighted by Crippen LogP contribution is 2.24. The van der Waals surface area contributed by atoms with Gasteiger partial charge in [0.25, 0.3) is 5.91 Å². The van der Waals surface area contributed by atoms with Gasteiger partial charge < -0.3 is 10.1 Å². The van der Waals surface area contributed by atoms with E-state index in [1.54, 1.807) is 6.20 Å². The summed E-state index contributed by atoms with van der Waals surface area (Å²) >= 11 is 0. The van der Waals surface area contributed by atoms with Gasteiger partial charge in [0.1, 0.15) is 5.75 Å². The van der Waals surface area contributed by atoms with Crippen molar-refractivity contribution in [2.75, 3.05) is 11.9 Å². The van der Waals surface area contributed by atoms with Crippen molar-refractivity contribution in [3.8, 4) is 5.75 Å². The summed E-state index contributed by atoms with van der Waals surface area (Å²) in [5.41, 5.74) is 3.72. The Bertz CT molecular complexity index is 859. The van der Waals surface area contributed by atoms with Crippen molar-refractivity contribution in [2.24, 2.45) is 0 Å². The molecule has 3 rings (SSSR count). The van der Waals surface area contributed by atoms with Crippen LogP contribution in [0.3, 0.4) is 0 Å². The lowest BCUT2D eigenvalue weighted by atomic mass is 10.1. The number of hydrogen-bond donors (Lipinski definition) is 1. The fourth-order valence-electron chi connectivity index (χ4n) is 2.47. The number of fused-ring (bicyclic) bond motifs is 1. The second kappa shape index (κ2) is 6.48. The zero-order valence-electron chi connectivity index (χ0n) is 13.2. The highest BCUT2D eigenvalue weighted by atomic mass is 16.5. The minimum Gasteiger partial charge on any atom is -0.483 e. The highest BCUT2D eigenvalue weighted by Gasteiger charge is 2.09. The van der Waals surface area contributed by atoms with E-state index in [1.807, 2.05) is 62.4 Å². The molecule has 1 heterocycles. The maximum atomic E-state index is 12.2. The second-order valence-electron chi connectivity index (χ2n) is 5.43. The number of carbonyl (C=O) groups is 1. The number of rotatable bonds is 4. The van der Waals surface area contributed by atoms with E-state index in [1.165, 1.54) is 0 Å². The van der Waals surface area contributed by atoms with E-state index in [-0.39, 0.29) is 12.5 Å². The first kappa shape index (κ1) is 15.0. The summed E-state index contributed by atoms with van der Waals surface area (Å²) in [4.78, 5) is 16.5. The second-order valence-corrected chi connectivity index (χ2v) is 5.43. The maximum Gasteiger partial charge on any atom is 0.262 e. The summed E-state index contributed by atoms with van der Waals surface area (Å²) in [7, 11) is 0. The van der Waals surface area contributed by atoms with Gasteiger partial charge >= 0.3 is 0 Å². The molecule has 0 bridgehead atoms. The summed E-state index contributed by atoms with van der Waals surface area (Å²) < 4.78 is 5.58. The summed E-state index contributed by atoms with van der Waals surface area (Å²) in [6.07, 6.45) is 1.75. The number of carbonyl (C=O) groups excluding carboxylic acids is 1. The standard InChI is InChI=1S/C19H18N2O2/c1-13-6-3-4-8-17(13)23-12-18(22)21-16-10-9-14(2)19-15(16)7-5-11-20-19/h3-11H,12H2,1-2H3,(H,21,22). The number of nitrogens with one attached hydrogen (secondary N) is 1. The topological polar surface area (TPSA) is 51.2 Å². The molecular formula is C19H18N2O2. The van der Waals surface area contributed by atoms with Crippen LogP contribution in [0, 0.1) is 13.8 Å². The zero-order chi connectivity index (χ0) is 16.2. The first-order valence-corrected chi connectivity index (χ1v) is 7.48. The van der Waals surface area contributed by atoms with Crippen LogP contribution in [0.1, 0.15) is 11.1 Å². The Labute approximate surface area is 135 Å². The third kappa shape index (κ3) is 3.31. The molecule has 0 fully saturated rings. The molecule has 0 spiro atoms. The molecule has 3 aromatic rings. The predicted molar refractivity (Wildman–Crippen MR) is 91.8 cm³/mol. The van der Waals surface area contributed by atoms with Crippen LogP contribution in [0.2, 0.25) is 0 Å². The number of pyridine rings is 1. The molecule has 4 nitrogen and oxygen atoms in total. The van der Waals surface area contributed by atoms with E-state index in [0.29, 0.717) is 0 Å². The number of aryl methyl sites for hydroxylation is 2. The van der Waals surface area contributed by atoms with Gasteiger partial charge in [-0.25, -0.2) is 0 Å². The van der Waals surface area contributed by atoms with Crippen molar-refractivity contribution in [3.05, 3.63) is 65.9 Å². The molecule has 0 aliphatic carbocycles. The Morgan fingerprint density at radius 3 is 2.70 bits per heavy atom. The monoisotopic (exact) mass is 306 g/mol. The fraction of sp³-hybridized carbons (Fsp3) is 0.158. The lowest BCUT2D eigenvalue weighted by Crippen LogP contribution is -2.20. The quantitative estimate of drug-likeness (QED) is 0.796. The zero-order valence-corrected chi connectivity index (χ0v) is 13.2. The van der Waals surface area contributed by atoms with Crippen molar-refractivity contribution >= 4 is 22.5 Å². The molecule has 1 amide bonds. The number of para-hydroxylation sites is 1. The van der Waals surface area contributed by atoms with Gasteiger partial charge in [0, 0.05) is 11.6 Å². The van der Waals surface area contributed by atoms with Gasteiger partial charge in [0.05, 0.1) is 11.2 Å². The molecule has 0 saturated carbocycles. The number of benzene rings is 2. The molecular weight excluding hydrogens is 288 g/mol. The molecule has 1 aromatic heterocycles. The smallest absolute Gasteiger partial charge is 0.262 e. The van der Waals surface area contributed by atoms with Crippen LogP contribution < -0.4 is 10.1 Å². The molecule has 0 aliphatic rings. The largest absolute Gasteiger partial charge is 0.483 e. The molecule has 0 radical (unpaired) electrons. The maximum absolute atomic E-state index is 12.2. The van der Waals surface area contributed by atoms with Gasteiger partial charge in [0.2, 0.25) is 0 Å². The molecule has 2 aromatic carbocycles. The predicted octanol–water partition coefficient (Wildman–Crippen LogP) is 3.87. The highest BCUT2D eigenvalue weighted by molar-refractivity contribution is 6.02. The van der Waals surface area contributed by atoms with Gasteiger partial charge in [-0.3, -0.25) is 9.78 Å². The van der Waals surface area contributed by atoms with Crippen LogP contribution in [-0.2, 0) is 4.79 Å². The average molecular weight is 306 g/mol. The van der Waals surface area contributed by atoms with E-state index in [4.69, 9.17) is 4.74 Å². The SMILES string of the molecule is Cc1ccccc1OCC(=O)Nc1ccc(C)c2ncccc12. The van der Waals surface area contributed by atoms with E-state index < -0.39 is 0 Å². The minimum atomic E-state index is -0.192. The van der Waals surface area contributed by atoms with Gasteiger partial charge in [-0.15, -0.1) is 0 Å². The van der Waals surface area contributed by atoms with Crippen molar-refractivity contribution in [3.63, 3.8) is 0 Å². The van der Waals surface area contributed by atoms with Crippen molar-refractivity contribution in [1.82, 2.24) is 4.98 Å². The molecule has 0 atom stereocenters. The van der Waals surface area contributed by atoms with Gasteiger partial charge in [-0.05, 0) is 49.2 Å². The number of hydrogen-bond acceptors (Lipinski definition) is 3. The molecule has 4 heteroatoms. The Kier molecular flexibility index (Phi) is 4.24. The van der Waals surface area contributed by atoms with Gasteiger partial charge in [-0.1, -0.05) is 24.3 Å².